The SMILES string of the molecule is CC1=c2ccccc2=C(C2=c3ccccc3=C(c3cccc(-c4ccncc4C)c3)C3C=CC=CC23)CC1. The Morgan fingerprint density at radius 3 is 2.05 bits per heavy atom. The van der Waals surface area contributed by atoms with Gasteiger partial charge in [-0.2, -0.15) is 0 Å². The Kier molecular flexibility index (Phi) is 5.59. The van der Waals surface area contributed by atoms with Gasteiger partial charge in [0.15, 0.2) is 0 Å². The van der Waals surface area contributed by atoms with Crippen LogP contribution in [0.25, 0.3) is 33.4 Å². The lowest BCUT2D eigenvalue weighted by atomic mass is 9.68. The van der Waals surface area contributed by atoms with E-state index in [0.29, 0.717) is 11.8 Å². The number of rotatable bonds is 3. The molecule has 1 aromatic heterocycles. The quantitative estimate of drug-likeness (QED) is 0.365. The van der Waals surface area contributed by atoms with Gasteiger partial charge >= 0.3 is 0 Å². The number of pyridine rings is 1. The number of allylic oxidation sites excluding steroid dienone is 4. The Morgan fingerprint density at radius 1 is 0.632 bits per heavy atom. The van der Waals surface area contributed by atoms with Crippen molar-refractivity contribution in [3.8, 4) is 11.1 Å². The van der Waals surface area contributed by atoms with Crippen molar-refractivity contribution in [2.45, 2.75) is 26.7 Å². The minimum Gasteiger partial charge on any atom is -0.264 e. The molecule has 38 heavy (non-hydrogen) atoms. The normalized spacial score (nSPS) is 19.7. The third kappa shape index (κ3) is 3.65. The fourth-order valence-electron chi connectivity index (χ4n) is 6.81. The summed E-state index contributed by atoms with van der Waals surface area (Å²) in [6.45, 7) is 4.44. The second-order valence-corrected chi connectivity index (χ2v) is 10.8. The molecule has 3 aliphatic carbocycles. The zero-order chi connectivity index (χ0) is 25.6. The van der Waals surface area contributed by atoms with Gasteiger partial charge in [-0.1, -0.05) is 96.6 Å². The third-order valence-corrected chi connectivity index (χ3v) is 8.60. The molecule has 2 atom stereocenters. The van der Waals surface area contributed by atoms with Crippen LogP contribution in [0.3, 0.4) is 0 Å². The molecule has 184 valence electrons. The Balaban J connectivity index is 1.57. The highest BCUT2D eigenvalue weighted by molar-refractivity contribution is 5.95. The summed E-state index contributed by atoms with van der Waals surface area (Å²) in [4.78, 5) is 4.31. The number of aryl methyl sites for hydroxylation is 1. The van der Waals surface area contributed by atoms with E-state index in [9.17, 15) is 0 Å². The lowest BCUT2D eigenvalue weighted by Crippen LogP contribution is -2.42. The summed E-state index contributed by atoms with van der Waals surface area (Å²) in [6.07, 6.45) is 15.4. The van der Waals surface area contributed by atoms with Gasteiger partial charge in [-0.3, -0.25) is 4.98 Å². The number of fused-ring (bicyclic) bond motifs is 3. The van der Waals surface area contributed by atoms with Crippen LogP contribution in [0.2, 0.25) is 0 Å². The Bertz CT molecular complexity index is 1900. The lowest BCUT2D eigenvalue weighted by molar-refractivity contribution is 0.688. The van der Waals surface area contributed by atoms with Crippen molar-refractivity contribution in [2.75, 3.05) is 0 Å². The number of aromatic nitrogens is 1. The largest absolute Gasteiger partial charge is 0.264 e. The second-order valence-electron chi connectivity index (χ2n) is 10.8. The molecule has 7 rings (SSSR count). The first-order chi connectivity index (χ1) is 18.7. The molecular weight excluding hydrogens is 458 g/mol. The molecule has 3 aromatic carbocycles. The number of hydrogen-bond donors (Lipinski definition) is 0. The van der Waals surface area contributed by atoms with Crippen molar-refractivity contribution >= 4 is 22.3 Å². The highest BCUT2D eigenvalue weighted by Crippen LogP contribution is 2.42. The predicted molar refractivity (Wildman–Crippen MR) is 159 cm³/mol. The highest BCUT2D eigenvalue weighted by Gasteiger charge is 2.33. The molecule has 0 radical (unpaired) electrons. The average Bonchev–Trinajstić information content (AvgIpc) is 2.97. The van der Waals surface area contributed by atoms with Crippen molar-refractivity contribution in [1.29, 1.82) is 0 Å². The van der Waals surface area contributed by atoms with Crippen LogP contribution in [0.5, 0.6) is 0 Å². The molecule has 0 bridgehead atoms. The summed E-state index contributed by atoms with van der Waals surface area (Å²) in [6, 6.07) is 29.4. The minimum atomic E-state index is 0.297. The van der Waals surface area contributed by atoms with Crippen LogP contribution in [0, 0.1) is 18.8 Å². The Morgan fingerprint density at radius 2 is 1.29 bits per heavy atom. The summed E-state index contributed by atoms with van der Waals surface area (Å²) < 4.78 is 0. The summed E-state index contributed by atoms with van der Waals surface area (Å²) in [5.74, 6) is 0.614. The Labute approximate surface area is 224 Å². The monoisotopic (exact) mass is 489 g/mol. The first-order valence-corrected chi connectivity index (χ1v) is 13.7. The molecule has 0 fully saturated rings. The molecule has 4 aromatic rings. The van der Waals surface area contributed by atoms with Gasteiger partial charge in [0.05, 0.1) is 0 Å². The predicted octanol–water partition coefficient (Wildman–Crippen LogP) is 5.59. The Hall–Kier alpha value is -4.23. The molecule has 0 aliphatic heterocycles. The molecule has 2 unspecified atom stereocenters. The standard InChI is InChI=1S/C37H31N/c1-24-18-19-35(30-13-4-3-12-29(24)30)37-33-16-7-5-14-31(33)36(32-15-6-8-17-34(32)37)27-11-9-10-26(22-27)28-20-21-38-23-25(28)2/h3-17,20-23,31,33H,18-19H2,1-2H3. The molecular formula is C37H31N. The molecule has 1 heterocycles. The zero-order valence-corrected chi connectivity index (χ0v) is 22.0. The van der Waals surface area contributed by atoms with Crippen molar-refractivity contribution < 1.29 is 0 Å². The smallest absolute Gasteiger partial charge is 0.0303 e. The van der Waals surface area contributed by atoms with Gasteiger partial charge in [-0.15, -0.1) is 0 Å². The van der Waals surface area contributed by atoms with Crippen LogP contribution in [0.15, 0.2) is 116 Å². The fourth-order valence-corrected chi connectivity index (χ4v) is 6.81. The fraction of sp³-hybridized carbons (Fsp3) is 0.162. The molecule has 3 aliphatic rings. The van der Waals surface area contributed by atoms with Crippen LogP contribution >= 0.6 is 0 Å². The van der Waals surface area contributed by atoms with Gasteiger partial charge < -0.3 is 0 Å². The number of benzene rings is 3. The lowest BCUT2D eigenvalue weighted by Gasteiger charge is -2.35. The molecule has 1 heteroatoms. The summed E-state index contributed by atoms with van der Waals surface area (Å²) in [5, 5.41) is 5.59. The minimum absolute atomic E-state index is 0.297. The van der Waals surface area contributed by atoms with E-state index in [2.05, 4.69) is 122 Å². The van der Waals surface area contributed by atoms with Crippen molar-refractivity contribution in [3.63, 3.8) is 0 Å². The molecule has 0 saturated heterocycles. The van der Waals surface area contributed by atoms with Crippen LogP contribution in [0.4, 0.5) is 0 Å². The zero-order valence-electron chi connectivity index (χ0n) is 22.0. The molecule has 0 saturated carbocycles. The van der Waals surface area contributed by atoms with E-state index in [4.69, 9.17) is 0 Å². The highest BCUT2D eigenvalue weighted by atomic mass is 14.6. The summed E-state index contributed by atoms with van der Waals surface area (Å²) in [7, 11) is 0. The molecule has 0 amide bonds. The van der Waals surface area contributed by atoms with Crippen molar-refractivity contribution in [1.82, 2.24) is 4.98 Å². The number of hydrogen-bond acceptors (Lipinski definition) is 1. The van der Waals surface area contributed by atoms with E-state index < -0.39 is 0 Å². The summed E-state index contributed by atoms with van der Waals surface area (Å²) in [5.41, 5.74) is 11.0. The number of nitrogens with zero attached hydrogens (tertiary/aromatic N) is 1. The maximum absolute atomic E-state index is 4.31. The van der Waals surface area contributed by atoms with E-state index in [0.717, 1.165) is 12.8 Å². The van der Waals surface area contributed by atoms with E-state index >= 15 is 0 Å². The first-order valence-electron chi connectivity index (χ1n) is 13.7. The van der Waals surface area contributed by atoms with Gasteiger partial charge in [0, 0.05) is 24.2 Å². The van der Waals surface area contributed by atoms with E-state index in [-0.39, 0.29) is 0 Å². The summed E-state index contributed by atoms with van der Waals surface area (Å²) >= 11 is 0. The topological polar surface area (TPSA) is 12.9 Å². The van der Waals surface area contributed by atoms with E-state index in [1.165, 1.54) is 65.4 Å². The van der Waals surface area contributed by atoms with E-state index in [1.54, 1.807) is 0 Å². The van der Waals surface area contributed by atoms with Crippen LogP contribution < -0.4 is 20.9 Å². The van der Waals surface area contributed by atoms with Gasteiger partial charge in [-0.25, -0.2) is 0 Å². The van der Waals surface area contributed by atoms with Gasteiger partial charge in [0.25, 0.3) is 0 Å². The van der Waals surface area contributed by atoms with Crippen molar-refractivity contribution in [2.24, 2.45) is 11.8 Å². The van der Waals surface area contributed by atoms with Gasteiger partial charge in [-0.05, 0) is 98.7 Å². The molecule has 1 nitrogen and oxygen atoms in total. The van der Waals surface area contributed by atoms with E-state index in [1.807, 2.05) is 12.4 Å². The average molecular weight is 490 g/mol. The van der Waals surface area contributed by atoms with Gasteiger partial charge in [0.2, 0.25) is 0 Å². The second kappa shape index (κ2) is 9.26. The molecule has 0 spiro atoms. The van der Waals surface area contributed by atoms with Crippen LogP contribution in [-0.2, 0) is 0 Å². The third-order valence-electron chi connectivity index (χ3n) is 8.60. The first kappa shape index (κ1) is 22.9. The molecule has 0 N–H and O–H groups in total. The maximum Gasteiger partial charge on any atom is 0.0303 e. The van der Waals surface area contributed by atoms with Crippen LogP contribution in [-0.4, -0.2) is 4.98 Å². The van der Waals surface area contributed by atoms with Crippen molar-refractivity contribution in [3.05, 3.63) is 148 Å². The van der Waals surface area contributed by atoms with Crippen LogP contribution in [0.1, 0.15) is 30.9 Å². The van der Waals surface area contributed by atoms with Gasteiger partial charge in [0.1, 0.15) is 0 Å². The maximum atomic E-state index is 4.31.